The van der Waals surface area contributed by atoms with Crippen molar-refractivity contribution in [1.82, 2.24) is 0 Å². The van der Waals surface area contributed by atoms with E-state index in [0.717, 1.165) is 30.4 Å². The van der Waals surface area contributed by atoms with Gasteiger partial charge in [0.05, 0.1) is 10.9 Å². The average Bonchev–Trinajstić information content (AvgIpc) is 2.98. The largest absolute Gasteiger partial charge is 0.481 e. The predicted octanol–water partition coefficient (Wildman–Crippen LogP) is 8.99. The second-order valence-electron chi connectivity index (χ2n) is 12.7. The molecule has 46 heavy (non-hydrogen) atoms. The normalized spacial score (nSPS) is 23.5. The molecule has 0 heterocycles. The number of aryl methyl sites for hydroxylation is 2. The van der Waals surface area contributed by atoms with Crippen LogP contribution >= 0.6 is 0 Å². The molecule has 11 heteroatoms. The number of esters is 1. The van der Waals surface area contributed by atoms with Gasteiger partial charge in [0.15, 0.2) is 24.7 Å². The van der Waals surface area contributed by atoms with Crippen LogP contribution in [0.4, 0.5) is 13.2 Å². The minimum absolute atomic E-state index is 0.223. The van der Waals surface area contributed by atoms with E-state index in [1.54, 1.807) is 6.92 Å². The predicted molar refractivity (Wildman–Crippen MR) is 172 cm³/mol. The Hall–Kier alpha value is -3.12. The lowest BCUT2D eigenvalue weighted by atomic mass is 9.54. The van der Waals surface area contributed by atoms with E-state index in [-0.39, 0.29) is 16.9 Å². The number of ether oxygens (including phenoxy) is 1. The van der Waals surface area contributed by atoms with E-state index in [1.807, 2.05) is 26.0 Å². The van der Waals surface area contributed by atoms with Gasteiger partial charge in [-0.3, -0.25) is 0 Å². The highest BCUT2D eigenvalue weighted by Crippen LogP contribution is 2.57. The summed E-state index contributed by atoms with van der Waals surface area (Å²) in [4.78, 5) is 23.2. The molecule has 3 aromatic rings. The van der Waals surface area contributed by atoms with Gasteiger partial charge in [-0.05, 0) is 112 Å². The van der Waals surface area contributed by atoms with Crippen LogP contribution in [0.5, 0.6) is 5.75 Å². The highest BCUT2D eigenvalue weighted by Gasteiger charge is 2.51. The van der Waals surface area contributed by atoms with E-state index >= 15 is 0 Å². The first-order valence-electron chi connectivity index (χ1n) is 15.2. The van der Waals surface area contributed by atoms with E-state index in [2.05, 4.69) is 72.1 Å². The van der Waals surface area contributed by atoms with Crippen LogP contribution in [0, 0.1) is 31.6 Å². The van der Waals surface area contributed by atoms with Gasteiger partial charge in [0, 0.05) is 23.3 Å². The third-order valence-corrected chi connectivity index (χ3v) is 11.8. The summed E-state index contributed by atoms with van der Waals surface area (Å²) in [5, 5.41) is 0. The standard InChI is InChI=1S/C24H23O2S.C11H15F3NO3S/c1-17(2)24(25)26-23-18(3)15-22(16-19(23)4)27(20-11-7-5-8-12-20)21-13-9-6-10-14-21;12-11(13,14)19(16,17)15-18-10-4-7-1-8(5-10)3-9(2-7)6-10/h5-16H,1H2,2-4H3;7-9H,1-6H2/q+1;-1. The Bertz CT molecular complexity index is 1580. The van der Waals surface area contributed by atoms with Crippen molar-refractivity contribution in [1.29, 1.82) is 0 Å². The molecule has 4 bridgehead atoms. The number of carbonyl (C=O) groups is 1. The molecule has 0 unspecified atom stereocenters. The van der Waals surface area contributed by atoms with Crippen LogP contribution in [0.15, 0.2) is 99.6 Å². The third-order valence-electron chi connectivity index (χ3n) is 8.77. The van der Waals surface area contributed by atoms with Gasteiger partial charge in [-0.25, -0.2) is 13.2 Å². The minimum atomic E-state index is -5.54. The highest BCUT2D eigenvalue weighted by atomic mass is 32.2. The van der Waals surface area contributed by atoms with Crippen LogP contribution < -0.4 is 4.74 Å². The average molecular weight is 674 g/mol. The van der Waals surface area contributed by atoms with Gasteiger partial charge < -0.3 is 14.5 Å². The first-order chi connectivity index (χ1) is 21.7. The van der Waals surface area contributed by atoms with E-state index < -0.39 is 21.1 Å². The maximum Gasteiger partial charge on any atom is 0.481 e. The van der Waals surface area contributed by atoms with Gasteiger partial charge in [0.1, 0.15) is 5.75 Å². The molecule has 4 aliphatic carbocycles. The fraction of sp³-hybridized carbons (Fsp3) is 0.400. The molecule has 4 fully saturated rings. The fourth-order valence-electron chi connectivity index (χ4n) is 7.20. The number of hydrogen-bond acceptors (Lipinski definition) is 5. The smallest absolute Gasteiger partial charge is 0.466 e. The molecule has 3 aromatic carbocycles. The number of halogens is 3. The molecule has 0 amide bonds. The summed E-state index contributed by atoms with van der Waals surface area (Å²) in [7, 11) is -5.76. The Balaban J connectivity index is 0.000000192. The summed E-state index contributed by atoms with van der Waals surface area (Å²) in [6.07, 6.45) is 5.18. The maximum atomic E-state index is 12.2. The molecule has 7 rings (SSSR count). The maximum absolute atomic E-state index is 12.2. The molecule has 246 valence electrons. The molecule has 0 radical (unpaired) electrons. The van der Waals surface area contributed by atoms with Crippen molar-refractivity contribution in [3.8, 4) is 5.75 Å². The molecule has 0 N–H and O–H groups in total. The third kappa shape index (κ3) is 7.70. The van der Waals surface area contributed by atoms with Crippen LogP contribution in [-0.4, -0.2) is 25.5 Å². The number of benzene rings is 3. The Labute approximate surface area is 271 Å². The van der Waals surface area contributed by atoms with Gasteiger partial charge in [-0.2, -0.15) is 13.2 Å². The van der Waals surface area contributed by atoms with Crippen molar-refractivity contribution in [2.24, 2.45) is 17.8 Å². The quantitative estimate of drug-likeness (QED) is 0.0784. The van der Waals surface area contributed by atoms with E-state index in [0.29, 0.717) is 48.3 Å². The van der Waals surface area contributed by atoms with Crippen molar-refractivity contribution < 1.29 is 36.0 Å². The lowest BCUT2D eigenvalue weighted by molar-refractivity contribution is -0.135. The molecule has 0 saturated heterocycles. The van der Waals surface area contributed by atoms with Crippen LogP contribution in [0.25, 0.3) is 4.89 Å². The van der Waals surface area contributed by atoms with Gasteiger partial charge in [-0.1, -0.05) is 43.0 Å². The molecule has 0 aromatic heterocycles. The van der Waals surface area contributed by atoms with Crippen LogP contribution in [0.2, 0.25) is 0 Å². The second kappa shape index (κ2) is 13.5. The zero-order chi connectivity index (χ0) is 33.3. The molecular formula is C35H38F3NO5S2. The lowest BCUT2D eigenvalue weighted by Crippen LogP contribution is -2.51. The van der Waals surface area contributed by atoms with Gasteiger partial charge in [0.25, 0.3) is 0 Å². The van der Waals surface area contributed by atoms with E-state index in [4.69, 9.17) is 9.57 Å². The van der Waals surface area contributed by atoms with Crippen molar-refractivity contribution in [3.63, 3.8) is 0 Å². The van der Waals surface area contributed by atoms with Gasteiger partial charge in [-0.15, -0.1) is 0 Å². The molecule has 0 atom stereocenters. The Morgan fingerprint density at radius 3 is 1.67 bits per heavy atom. The SMILES string of the molecule is C=C(C)C(=O)Oc1c(C)cc([S+](c2ccccc2)c2ccccc2)cc1C.O=S(=O)([N-]OC12CC3CC(CC(C3)C1)C2)C(F)(F)F. The molecule has 0 spiro atoms. The fourth-order valence-corrected chi connectivity index (χ4v) is 9.81. The number of alkyl halides is 3. The minimum Gasteiger partial charge on any atom is -0.466 e. The number of nitrogens with zero attached hydrogens (tertiary/aromatic N) is 1. The first kappa shape index (κ1) is 34.2. The zero-order valence-electron chi connectivity index (χ0n) is 26.0. The van der Waals surface area contributed by atoms with Crippen molar-refractivity contribution in [3.05, 3.63) is 101 Å². The van der Waals surface area contributed by atoms with E-state index in [1.165, 1.54) is 14.7 Å². The number of rotatable bonds is 8. The van der Waals surface area contributed by atoms with Crippen molar-refractivity contribution in [2.75, 3.05) is 0 Å². The number of sulfonamides is 1. The molecule has 4 aliphatic rings. The lowest BCUT2D eigenvalue weighted by Gasteiger charge is -2.58. The van der Waals surface area contributed by atoms with Crippen LogP contribution in [0.1, 0.15) is 56.6 Å². The topological polar surface area (TPSA) is 83.8 Å². The summed E-state index contributed by atoms with van der Waals surface area (Å²) in [5.74, 6) is 1.59. The second-order valence-corrected chi connectivity index (χ2v) is 16.3. The summed E-state index contributed by atoms with van der Waals surface area (Å²) in [6.45, 7) is 9.28. The summed E-state index contributed by atoms with van der Waals surface area (Å²) < 4.78 is 64.1. The van der Waals surface area contributed by atoms with Crippen molar-refractivity contribution >= 4 is 26.9 Å². The van der Waals surface area contributed by atoms with Gasteiger partial charge in [0.2, 0.25) is 0 Å². The summed E-state index contributed by atoms with van der Waals surface area (Å²) in [6, 6.07) is 25.2. The first-order valence-corrected chi connectivity index (χ1v) is 17.9. The van der Waals surface area contributed by atoms with Crippen molar-refractivity contribution in [2.45, 2.75) is 85.1 Å². The highest BCUT2D eigenvalue weighted by molar-refractivity contribution is 7.97. The molecular weight excluding hydrogens is 636 g/mol. The molecule has 6 nitrogen and oxygen atoms in total. The van der Waals surface area contributed by atoms with Gasteiger partial charge >= 0.3 is 11.5 Å². The number of hydrogen-bond donors (Lipinski definition) is 0. The molecule has 0 aliphatic heterocycles. The number of carbonyl (C=O) groups excluding carboxylic acids is 1. The molecule has 4 saturated carbocycles. The Morgan fingerprint density at radius 1 is 0.848 bits per heavy atom. The summed E-state index contributed by atoms with van der Waals surface area (Å²) in [5.41, 5.74) is -3.86. The van der Waals surface area contributed by atoms with E-state index in [9.17, 15) is 26.4 Å². The Kier molecular flexibility index (Phi) is 10.1. The zero-order valence-corrected chi connectivity index (χ0v) is 27.7. The Morgan fingerprint density at radius 2 is 1.28 bits per heavy atom. The van der Waals surface area contributed by atoms with Crippen LogP contribution in [0.3, 0.4) is 0 Å². The monoisotopic (exact) mass is 673 g/mol. The summed E-state index contributed by atoms with van der Waals surface area (Å²) >= 11 is 0. The van der Waals surface area contributed by atoms with Crippen LogP contribution in [-0.2, 0) is 30.6 Å².